The summed E-state index contributed by atoms with van der Waals surface area (Å²) in [5.74, 6) is 0.134. The zero-order valence-electron chi connectivity index (χ0n) is 12.6. The van der Waals surface area contributed by atoms with Gasteiger partial charge in [0, 0.05) is 20.2 Å². The zero-order chi connectivity index (χ0) is 15.6. The molecule has 2 rings (SSSR count). The number of nitrogens with two attached hydrogens (primary N) is 1. The Bertz CT molecular complexity index is 647. The third kappa shape index (κ3) is 3.19. The van der Waals surface area contributed by atoms with Gasteiger partial charge in [-0.2, -0.15) is 5.10 Å². The van der Waals surface area contributed by atoms with Crippen molar-refractivity contribution in [2.75, 3.05) is 18.9 Å². The number of nitrogen functional groups attached to an aromatic ring is 1. The molecular weight excluding hydrogens is 288 g/mol. The van der Waals surface area contributed by atoms with Crippen molar-refractivity contribution in [2.45, 2.75) is 26.7 Å². The van der Waals surface area contributed by atoms with E-state index in [9.17, 15) is 4.79 Å². The van der Waals surface area contributed by atoms with Gasteiger partial charge in [-0.15, -0.1) is 11.3 Å². The summed E-state index contributed by atoms with van der Waals surface area (Å²) in [7, 11) is 1.85. The van der Waals surface area contributed by atoms with Crippen LogP contribution in [-0.2, 0) is 7.05 Å². The number of fused-ring (bicyclic) bond motifs is 1. The first-order valence-corrected chi connectivity index (χ1v) is 7.88. The van der Waals surface area contributed by atoms with Crippen LogP contribution >= 0.6 is 11.3 Å². The summed E-state index contributed by atoms with van der Waals surface area (Å²) in [5, 5.41) is 17.0. The van der Waals surface area contributed by atoms with Crippen LogP contribution in [0.4, 0.5) is 5.69 Å². The van der Waals surface area contributed by atoms with Crippen molar-refractivity contribution in [3.05, 3.63) is 10.6 Å². The van der Waals surface area contributed by atoms with E-state index in [1.165, 1.54) is 11.3 Å². The highest BCUT2D eigenvalue weighted by Crippen LogP contribution is 2.35. The molecule has 2 aromatic heterocycles. The number of carbonyl (C=O) groups excluding carboxylic acids is 1. The number of aliphatic hydroxyl groups is 1. The van der Waals surface area contributed by atoms with Gasteiger partial charge in [0.25, 0.3) is 5.91 Å². The summed E-state index contributed by atoms with van der Waals surface area (Å²) in [5.41, 5.74) is 7.45. The van der Waals surface area contributed by atoms with Crippen LogP contribution in [-0.4, -0.2) is 33.9 Å². The molecule has 0 aliphatic carbocycles. The highest BCUT2D eigenvalue weighted by Gasteiger charge is 2.20. The third-order valence-electron chi connectivity index (χ3n) is 3.56. The Morgan fingerprint density at radius 3 is 2.90 bits per heavy atom. The predicted molar refractivity (Wildman–Crippen MR) is 85.6 cm³/mol. The second-order valence-electron chi connectivity index (χ2n) is 5.42. The number of nitrogens with one attached hydrogen (secondary N) is 1. The van der Waals surface area contributed by atoms with Gasteiger partial charge in [0.2, 0.25) is 0 Å². The second-order valence-corrected chi connectivity index (χ2v) is 6.42. The summed E-state index contributed by atoms with van der Waals surface area (Å²) in [6.07, 6.45) is 1.74. The molecule has 2 aromatic rings. The predicted octanol–water partition coefficient (Wildman–Crippen LogP) is 1.66. The van der Waals surface area contributed by atoms with Crippen LogP contribution in [0.25, 0.3) is 10.2 Å². The van der Waals surface area contributed by atoms with Gasteiger partial charge in [0.05, 0.1) is 16.8 Å². The van der Waals surface area contributed by atoms with Gasteiger partial charge in [-0.3, -0.25) is 9.48 Å². The van der Waals surface area contributed by atoms with Gasteiger partial charge >= 0.3 is 0 Å². The number of aryl methyl sites for hydroxylation is 2. The maximum absolute atomic E-state index is 12.2. The van der Waals surface area contributed by atoms with Crippen molar-refractivity contribution < 1.29 is 9.90 Å². The maximum Gasteiger partial charge on any atom is 0.263 e. The van der Waals surface area contributed by atoms with E-state index in [0.717, 1.165) is 28.8 Å². The van der Waals surface area contributed by atoms with Gasteiger partial charge < -0.3 is 16.2 Å². The molecule has 7 heteroatoms. The summed E-state index contributed by atoms with van der Waals surface area (Å²) in [6, 6.07) is 0. The summed E-state index contributed by atoms with van der Waals surface area (Å²) >= 11 is 1.37. The minimum Gasteiger partial charge on any atom is -0.397 e. The highest BCUT2D eigenvalue weighted by atomic mass is 32.1. The van der Waals surface area contributed by atoms with E-state index < -0.39 is 0 Å². The van der Waals surface area contributed by atoms with Crippen LogP contribution in [0.3, 0.4) is 0 Å². The SMILES string of the molecule is Cc1nn(C)c2sc(C(=O)NCCCC(C)CO)c(N)c12. The Labute approximate surface area is 127 Å². The molecule has 0 aromatic carbocycles. The van der Waals surface area contributed by atoms with Gasteiger partial charge in [-0.05, 0) is 25.7 Å². The molecule has 0 saturated heterocycles. The van der Waals surface area contributed by atoms with E-state index >= 15 is 0 Å². The lowest BCUT2D eigenvalue weighted by molar-refractivity contribution is 0.0957. The number of rotatable bonds is 6. The zero-order valence-corrected chi connectivity index (χ0v) is 13.5. The molecule has 2 heterocycles. The number of amides is 1. The molecule has 6 nitrogen and oxygen atoms in total. The third-order valence-corrected chi connectivity index (χ3v) is 4.83. The Balaban J connectivity index is 2.03. The van der Waals surface area contributed by atoms with Crippen LogP contribution in [0, 0.1) is 12.8 Å². The smallest absolute Gasteiger partial charge is 0.263 e. The van der Waals surface area contributed by atoms with E-state index in [-0.39, 0.29) is 18.4 Å². The van der Waals surface area contributed by atoms with Gasteiger partial charge in [0.15, 0.2) is 0 Å². The van der Waals surface area contributed by atoms with E-state index in [2.05, 4.69) is 10.4 Å². The number of anilines is 1. The fourth-order valence-corrected chi connectivity index (χ4v) is 3.42. The second kappa shape index (κ2) is 6.44. The maximum atomic E-state index is 12.2. The minimum atomic E-state index is -0.134. The largest absolute Gasteiger partial charge is 0.397 e. The van der Waals surface area contributed by atoms with Crippen molar-refractivity contribution in [1.29, 1.82) is 0 Å². The van der Waals surface area contributed by atoms with E-state index in [1.807, 2.05) is 20.9 Å². The Morgan fingerprint density at radius 2 is 2.29 bits per heavy atom. The standard InChI is InChI=1S/C14H22N4O2S/c1-8(7-19)5-4-6-16-13(20)12-11(15)10-9(2)17-18(3)14(10)21-12/h8,19H,4-7,15H2,1-3H3,(H,16,20). The first-order valence-electron chi connectivity index (χ1n) is 7.06. The molecule has 1 amide bonds. The molecular formula is C14H22N4O2S. The molecule has 0 aliphatic rings. The number of aromatic nitrogens is 2. The normalized spacial score (nSPS) is 12.8. The van der Waals surface area contributed by atoms with Crippen molar-refractivity contribution >= 4 is 33.1 Å². The van der Waals surface area contributed by atoms with Crippen LogP contribution in [0.5, 0.6) is 0 Å². The van der Waals surface area contributed by atoms with Gasteiger partial charge in [-0.25, -0.2) is 0 Å². The Kier molecular flexibility index (Phi) is 4.84. The first-order chi connectivity index (χ1) is 9.95. The van der Waals surface area contributed by atoms with Crippen molar-refractivity contribution in [3.63, 3.8) is 0 Å². The van der Waals surface area contributed by atoms with Crippen LogP contribution in [0.1, 0.15) is 35.1 Å². The number of aliphatic hydroxyl groups excluding tert-OH is 1. The molecule has 0 saturated carbocycles. The first kappa shape index (κ1) is 15.8. The molecule has 0 spiro atoms. The topological polar surface area (TPSA) is 93.2 Å². The van der Waals surface area contributed by atoms with E-state index in [0.29, 0.717) is 17.1 Å². The fourth-order valence-electron chi connectivity index (χ4n) is 2.32. The highest BCUT2D eigenvalue weighted by molar-refractivity contribution is 7.21. The van der Waals surface area contributed by atoms with Crippen molar-refractivity contribution in [2.24, 2.45) is 13.0 Å². The molecule has 1 unspecified atom stereocenters. The number of nitrogens with zero attached hydrogens (tertiary/aromatic N) is 2. The Hall–Kier alpha value is -1.60. The van der Waals surface area contributed by atoms with Crippen LogP contribution in [0.2, 0.25) is 0 Å². The molecule has 0 radical (unpaired) electrons. The Morgan fingerprint density at radius 1 is 1.57 bits per heavy atom. The lowest BCUT2D eigenvalue weighted by Crippen LogP contribution is -2.24. The average Bonchev–Trinajstić information content (AvgIpc) is 2.93. The lowest BCUT2D eigenvalue weighted by atomic mass is 10.1. The number of carbonyl (C=O) groups is 1. The molecule has 0 aliphatic heterocycles. The number of thiophene rings is 1. The molecule has 116 valence electrons. The monoisotopic (exact) mass is 310 g/mol. The van der Waals surface area contributed by atoms with Crippen LogP contribution in [0.15, 0.2) is 0 Å². The molecule has 0 bridgehead atoms. The fraction of sp³-hybridized carbons (Fsp3) is 0.571. The lowest BCUT2D eigenvalue weighted by Gasteiger charge is -2.08. The van der Waals surface area contributed by atoms with E-state index in [1.54, 1.807) is 4.68 Å². The summed E-state index contributed by atoms with van der Waals surface area (Å²) < 4.78 is 1.76. The van der Waals surface area contributed by atoms with Gasteiger partial charge in [-0.1, -0.05) is 6.92 Å². The summed E-state index contributed by atoms with van der Waals surface area (Å²) in [4.78, 5) is 13.7. The molecule has 21 heavy (non-hydrogen) atoms. The minimum absolute atomic E-state index is 0.134. The van der Waals surface area contributed by atoms with Crippen molar-refractivity contribution in [1.82, 2.24) is 15.1 Å². The van der Waals surface area contributed by atoms with Crippen molar-refractivity contribution in [3.8, 4) is 0 Å². The molecule has 1 atom stereocenters. The van der Waals surface area contributed by atoms with Gasteiger partial charge in [0.1, 0.15) is 9.71 Å². The molecule has 0 fully saturated rings. The van der Waals surface area contributed by atoms with E-state index in [4.69, 9.17) is 10.8 Å². The number of hydrogen-bond acceptors (Lipinski definition) is 5. The number of hydrogen-bond donors (Lipinski definition) is 3. The van der Waals surface area contributed by atoms with Crippen LogP contribution < -0.4 is 11.1 Å². The quantitative estimate of drug-likeness (QED) is 0.707. The summed E-state index contributed by atoms with van der Waals surface area (Å²) in [6.45, 7) is 4.66. The molecule has 4 N–H and O–H groups in total. The average molecular weight is 310 g/mol.